The van der Waals surface area contributed by atoms with Gasteiger partial charge in [0.25, 0.3) is 11.8 Å². The smallest absolute Gasteiger partial charge is 0.263 e. The minimum atomic E-state index is -0.945. The second-order valence-electron chi connectivity index (χ2n) is 7.07. The van der Waals surface area contributed by atoms with Crippen molar-refractivity contribution >= 4 is 40.7 Å². The predicted octanol–water partition coefficient (Wildman–Crippen LogP) is 2.89. The first-order valence-electron chi connectivity index (χ1n) is 9.03. The van der Waals surface area contributed by atoms with Gasteiger partial charge in [-0.1, -0.05) is 40.6 Å². The van der Waals surface area contributed by atoms with E-state index in [2.05, 4.69) is 15.7 Å². The highest BCUT2D eigenvalue weighted by atomic mass is 35.5. The van der Waals surface area contributed by atoms with Gasteiger partial charge in [0, 0.05) is 0 Å². The van der Waals surface area contributed by atoms with E-state index in [0.717, 1.165) is 16.0 Å². The quantitative estimate of drug-likeness (QED) is 0.782. The van der Waals surface area contributed by atoms with E-state index in [1.165, 1.54) is 5.01 Å². The first-order chi connectivity index (χ1) is 13.8. The lowest BCUT2D eigenvalue weighted by molar-refractivity contribution is -0.123. The number of halogens is 1. The molecule has 1 fully saturated rings. The summed E-state index contributed by atoms with van der Waals surface area (Å²) in [6, 6.07) is 10.5. The Hall–Kier alpha value is -3.26. The van der Waals surface area contributed by atoms with Crippen molar-refractivity contribution in [3.63, 3.8) is 0 Å². The molecule has 0 saturated carbocycles. The average molecular weight is 412 g/mol. The molecule has 0 bridgehead atoms. The predicted molar refractivity (Wildman–Crippen MR) is 108 cm³/mol. The van der Waals surface area contributed by atoms with Gasteiger partial charge in [-0.25, -0.2) is 4.90 Å². The molecule has 2 aliphatic rings. The summed E-state index contributed by atoms with van der Waals surface area (Å²) in [5.41, 5.74) is 2.92. The third-order valence-corrected chi connectivity index (χ3v) is 5.17. The monoisotopic (exact) mass is 411 g/mol. The Bertz CT molecular complexity index is 1040. The van der Waals surface area contributed by atoms with Gasteiger partial charge in [0.1, 0.15) is 6.54 Å². The van der Waals surface area contributed by atoms with Crippen molar-refractivity contribution in [2.45, 2.75) is 25.9 Å². The Kier molecular flexibility index (Phi) is 4.79. The zero-order valence-corrected chi connectivity index (χ0v) is 16.6. The standard InChI is InChI=1S/C20H18ClN5O3/c1-11-3-6-13(7-4-11)26-19(28)17-18(20(26)29)25(24-23-17)10-16(27)22-15-8-5-12(2)9-14(15)21/h3-9,17-18H,10H2,1-2H3,(H,22,27)/t17-,18+/m1/s1. The number of carbonyl (C=O) groups excluding carboxylic acids is 3. The topological polar surface area (TPSA) is 94.4 Å². The highest BCUT2D eigenvalue weighted by molar-refractivity contribution is 6.33. The van der Waals surface area contributed by atoms with E-state index in [9.17, 15) is 14.4 Å². The fourth-order valence-electron chi connectivity index (χ4n) is 3.36. The lowest BCUT2D eigenvalue weighted by atomic mass is 10.1. The van der Waals surface area contributed by atoms with Crippen LogP contribution in [0.2, 0.25) is 5.02 Å². The molecule has 2 heterocycles. The summed E-state index contributed by atoms with van der Waals surface area (Å²) in [6.45, 7) is 3.58. The van der Waals surface area contributed by atoms with Gasteiger partial charge in [0.2, 0.25) is 5.91 Å². The third kappa shape index (κ3) is 3.47. The number of imide groups is 1. The van der Waals surface area contributed by atoms with E-state index in [-0.39, 0.29) is 6.54 Å². The zero-order chi connectivity index (χ0) is 20.7. The average Bonchev–Trinajstić information content (AvgIpc) is 3.19. The molecule has 8 nitrogen and oxygen atoms in total. The van der Waals surface area contributed by atoms with E-state index in [1.807, 2.05) is 32.0 Å². The molecular formula is C20H18ClN5O3. The largest absolute Gasteiger partial charge is 0.323 e. The van der Waals surface area contributed by atoms with Crippen LogP contribution in [0.1, 0.15) is 11.1 Å². The molecule has 2 aromatic rings. The van der Waals surface area contributed by atoms with Crippen LogP contribution in [0.25, 0.3) is 0 Å². The molecule has 4 rings (SSSR count). The second kappa shape index (κ2) is 7.29. The fourth-order valence-corrected chi connectivity index (χ4v) is 3.64. The molecule has 0 radical (unpaired) electrons. The molecule has 0 aromatic heterocycles. The van der Waals surface area contributed by atoms with Crippen LogP contribution in [0, 0.1) is 13.8 Å². The molecular weight excluding hydrogens is 394 g/mol. The van der Waals surface area contributed by atoms with Crippen LogP contribution in [-0.4, -0.2) is 41.4 Å². The number of anilines is 2. The van der Waals surface area contributed by atoms with Gasteiger partial charge in [0.15, 0.2) is 12.1 Å². The van der Waals surface area contributed by atoms with Crippen molar-refractivity contribution in [1.29, 1.82) is 0 Å². The molecule has 0 unspecified atom stereocenters. The van der Waals surface area contributed by atoms with Crippen LogP contribution in [0.15, 0.2) is 52.8 Å². The van der Waals surface area contributed by atoms with Crippen LogP contribution >= 0.6 is 11.6 Å². The maximum atomic E-state index is 12.9. The molecule has 3 amide bonds. The molecule has 29 heavy (non-hydrogen) atoms. The first kappa shape index (κ1) is 19.1. The molecule has 2 aliphatic heterocycles. The number of nitrogens with one attached hydrogen (secondary N) is 1. The van der Waals surface area contributed by atoms with Crippen molar-refractivity contribution in [2.24, 2.45) is 10.3 Å². The summed E-state index contributed by atoms with van der Waals surface area (Å²) in [7, 11) is 0. The minimum absolute atomic E-state index is 0.227. The lowest BCUT2D eigenvalue weighted by Crippen LogP contribution is -2.43. The van der Waals surface area contributed by atoms with Crippen molar-refractivity contribution < 1.29 is 14.4 Å². The van der Waals surface area contributed by atoms with E-state index < -0.39 is 29.8 Å². The van der Waals surface area contributed by atoms with Gasteiger partial charge in [0.05, 0.1) is 16.4 Å². The van der Waals surface area contributed by atoms with E-state index in [1.54, 1.807) is 24.3 Å². The normalized spacial score (nSPS) is 20.4. The van der Waals surface area contributed by atoms with Crippen LogP contribution in [0.4, 0.5) is 11.4 Å². The maximum Gasteiger partial charge on any atom is 0.263 e. The van der Waals surface area contributed by atoms with Crippen molar-refractivity contribution in [2.75, 3.05) is 16.8 Å². The molecule has 0 spiro atoms. The van der Waals surface area contributed by atoms with Gasteiger partial charge in [-0.15, -0.1) is 0 Å². The number of hydrogen-bond donors (Lipinski definition) is 1. The van der Waals surface area contributed by atoms with Crippen molar-refractivity contribution in [3.05, 3.63) is 58.6 Å². The summed E-state index contributed by atoms with van der Waals surface area (Å²) in [6.07, 6.45) is 0. The molecule has 1 N–H and O–H groups in total. The van der Waals surface area contributed by atoms with Crippen LogP contribution in [-0.2, 0) is 14.4 Å². The number of nitrogens with zero attached hydrogens (tertiary/aromatic N) is 4. The number of carbonyl (C=O) groups is 3. The molecule has 2 aromatic carbocycles. The molecule has 148 valence electrons. The van der Waals surface area contributed by atoms with E-state index >= 15 is 0 Å². The number of rotatable bonds is 4. The van der Waals surface area contributed by atoms with Gasteiger partial charge >= 0.3 is 0 Å². The lowest BCUT2D eigenvalue weighted by Gasteiger charge is -2.20. The Morgan fingerprint density at radius 1 is 1.07 bits per heavy atom. The van der Waals surface area contributed by atoms with E-state index in [4.69, 9.17) is 11.6 Å². The zero-order valence-electron chi connectivity index (χ0n) is 15.8. The van der Waals surface area contributed by atoms with Crippen molar-refractivity contribution in [1.82, 2.24) is 5.01 Å². The molecule has 0 aliphatic carbocycles. The Morgan fingerprint density at radius 2 is 1.76 bits per heavy atom. The number of amides is 3. The summed E-state index contributed by atoms with van der Waals surface area (Å²) < 4.78 is 0. The van der Waals surface area contributed by atoms with Crippen LogP contribution in [0.3, 0.4) is 0 Å². The number of aryl methyl sites for hydroxylation is 2. The number of fused-ring (bicyclic) bond motifs is 1. The SMILES string of the molecule is Cc1ccc(N2C(=O)[C@@H]3[C@@H](N=NN3CC(=O)Nc3ccc(C)cc3Cl)C2=O)cc1. The summed E-state index contributed by atoms with van der Waals surface area (Å²) in [5.74, 6) is -1.31. The second-order valence-corrected chi connectivity index (χ2v) is 7.48. The molecule has 9 heteroatoms. The van der Waals surface area contributed by atoms with Gasteiger partial charge in [-0.05, 0) is 43.7 Å². The minimum Gasteiger partial charge on any atom is -0.323 e. The van der Waals surface area contributed by atoms with Crippen LogP contribution in [0.5, 0.6) is 0 Å². The first-order valence-corrected chi connectivity index (χ1v) is 9.41. The van der Waals surface area contributed by atoms with Crippen molar-refractivity contribution in [3.8, 4) is 0 Å². The summed E-state index contributed by atoms with van der Waals surface area (Å²) in [5, 5.41) is 12.2. The molecule has 2 atom stereocenters. The molecule has 1 saturated heterocycles. The number of benzene rings is 2. The maximum absolute atomic E-state index is 12.9. The fraction of sp³-hybridized carbons (Fsp3) is 0.250. The van der Waals surface area contributed by atoms with Gasteiger partial charge in [-0.2, -0.15) is 5.11 Å². The Balaban J connectivity index is 1.49. The highest BCUT2D eigenvalue weighted by Crippen LogP contribution is 2.32. The number of hydrogen-bond acceptors (Lipinski definition) is 6. The van der Waals surface area contributed by atoms with Gasteiger partial charge in [-0.3, -0.25) is 19.4 Å². The highest BCUT2D eigenvalue weighted by Gasteiger charge is 2.55. The van der Waals surface area contributed by atoms with E-state index in [0.29, 0.717) is 16.4 Å². The Labute approximate surface area is 172 Å². The van der Waals surface area contributed by atoms with Gasteiger partial charge < -0.3 is 5.32 Å². The summed E-state index contributed by atoms with van der Waals surface area (Å²) >= 11 is 6.14. The van der Waals surface area contributed by atoms with Crippen LogP contribution < -0.4 is 10.2 Å². The summed E-state index contributed by atoms with van der Waals surface area (Å²) in [4.78, 5) is 39.2. The Morgan fingerprint density at radius 3 is 2.45 bits per heavy atom. The third-order valence-electron chi connectivity index (χ3n) is 4.85.